The number of rotatable bonds is 2. The molecule has 4 nitrogen and oxygen atoms in total. The van der Waals surface area contributed by atoms with E-state index < -0.39 is 0 Å². The first kappa shape index (κ1) is 11.4. The number of carbonyl (C=O) groups excluding carboxylic acids is 1. The van der Waals surface area contributed by atoms with Crippen LogP contribution in [0.2, 0.25) is 0 Å². The molecule has 1 amide bonds. The van der Waals surface area contributed by atoms with Crippen molar-refractivity contribution >= 4 is 6.03 Å². The summed E-state index contributed by atoms with van der Waals surface area (Å²) in [6.45, 7) is 2.64. The topological polar surface area (TPSA) is 38.1 Å². The first-order valence-electron chi connectivity index (χ1n) is 5.46. The predicted octanol–water partition coefficient (Wildman–Crippen LogP) is 2.29. The van der Waals surface area contributed by atoms with Gasteiger partial charge in [-0.25, -0.2) is 9.78 Å². The van der Waals surface area contributed by atoms with Gasteiger partial charge in [0.15, 0.2) is 0 Å². The van der Waals surface area contributed by atoms with Crippen molar-refractivity contribution in [3.05, 3.63) is 54.1 Å². The number of imidazole rings is 1. The summed E-state index contributed by atoms with van der Waals surface area (Å²) in [5, 5.41) is 0. The molecule has 0 unspecified atom stereocenters. The lowest BCUT2D eigenvalue weighted by Crippen LogP contribution is -2.29. The van der Waals surface area contributed by atoms with Gasteiger partial charge in [-0.1, -0.05) is 29.8 Å². The number of aryl methyl sites for hydroxylation is 1. The minimum atomic E-state index is -0.0796. The van der Waals surface area contributed by atoms with Crippen LogP contribution in [0.4, 0.5) is 4.79 Å². The molecule has 88 valence electrons. The van der Waals surface area contributed by atoms with E-state index in [2.05, 4.69) is 11.1 Å². The molecule has 0 spiro atoms. The quantitative estimate of drug-likeness (QED) is 0.792. The zero-order valence-corrected chi connectivity index (χ0v) is 10.00. The maximum Gasteiger partial charge on any atom is 0.329 e. The third-order valence-corrected chi connectivity index (χ3v) is 2.55. The molecule has 0 N–H and O–H groups in total. The fourth-order valence-corrected chi connectivity index (χ4v) is 1.72. The second-order valence-corrected chi connectivity index (χ2v) is 4.10. The molecule has 0 atom stereocenters. The van der Waals surface area contributed by atoms with E-state index in [4.69, 9.17) is 0 Å². The number of aromatic nitrogens is 2. The summed E-state index contributed by atoms with van der Waals surface area (Å²) in [4.78, 5) is 17.5. The summed E-state index contributed by atoms with van der Waals surface area (Å²) < 4.78 is 1.47. The van der Waals surface area contributed by atoms with Crippen LogP contribution < -0.4 is 0 Å². The van der Waals surface area contributed by atoms with E-state index >= 15 is 0 Å². The molecule has 1 aromatic heterocycles. The minimum Gasteiger partial charge on any atom is -0.323 e. The van der Waals surface area contributed by atoms with Crippen LogP contribution in [0, 0.1) is 6.92 Å². The van der Waals surface area contributed by atoms with Crippen LogP contribution in [0.1, 0.15) is 11.1 Å². The average molecular weight is 229 g/mol. The third-order valence-electron chi connectivity index (χ3n) is 2.55. The van der Waals surface area contributed by atoms with E-state index in [1.165, 1.54) is 16.5 Å². The Labute approximate surface area is 101 Å². The van der Waals surface area contributed by atoms with Crippen LogP contribution in [0.25, 0.3) is 0 Å². The van der Waals surface area contributed by atoms with Crippen molar-refractivity contribution in [1.82, 2.24) is 14.5 Å². The number of carbonyl (C=O) groups is 1. The molecule has 0 saturated carbocycles. The van der Waals surface area contributed by atoms with Crippen molar-refractivity contribution in [3.8, 4) is 0 Å². The van der Waals surface area contributed by atoms with Gasteiger partial charge < -0.3 is 4.90 Å². The van der Waals surface area contributed by atoms with Crippen molar-refractivity contribution in [2.45, 2.75) is 13.5 Å². The van der Waals surface area contributed by atoms with Crippen molar-refractivity contribution < 1.29 is 4.79 Å². The highest BCUT2D eigenvalue weighted by atomic mass is 16.2. The standard InChI is InChI=1S/C13H15N3O/c1-11-4-3-5-12(8-11)9-15(2)13(17)16-7-6-14-10-16/h3-8,10H,9H2,1-2H3. The predicted molar refractivity (Wildman–Crippen MR) is 65.7 cm³/mol. The fraction of sp³-hybridized carbons (Fsp3) is 0.231. The Bertz CT molecular complexity index is 505. The zero-order valence-electron chi connectivity index (χ0n) is 10.00. The van der Waals surface area contributed by atoms with Crippen molar-refractivity contribution in [2.75, 3.05) is 7.05 Å². The monoisotopic (exact) mass is 229 g/mol. The zero-order chi connectivity index (χ0) is 12.3. The lowest BCUT2D eigenvalue weighted by atomic mass is 10.1. The van der Waals surface area contributed by atoms with Crippen LogP contribution in [0.5, 0.6) is 0 Å². The van der Waals surface area contributed by atoms with Gasteiger partial charge in [0.1, 0.15) is 6.33 Å². The van der Waals surface area contributed by atoms with Gasteiger partial charge in [0.25, 0.3) is 0 Å². The normalized spacial score (nSPS) is 10.2. The van der Waals surface area contributed by atoms with Crippen molar-refractivity contribution in [3.63, 3.8) is 0 Å². The highest BCUT2D eigenvalue weighted by Crippen LogP contribution is 2.07. The maximum absolute atomic E-state index is 11.9. The van der Waals surface area contributed by atoms with Gasteiger partial charge in [-0.05, 0) is 12.5 Å². The third kappa shape index (κ3) is 2.72. The van der Waals surface area contributed by atoms with Crippen LogP contribution in [0.3, 0.4) is 0 Å². The lowest BCUT2D eigenvalue weighted by Gasteiger charge is -2.17. The molecule has 1 heterocycles. The Balaban J connectivity index is 2.07. The number of nitrogens with zero attached hydrogens (tertiary/aromatic N) is 3. The van der Waals surface area contributed by atoms with E-state index in [9.17, 15) is 4.79 Å². The van der Waals surface area contributed by atoms with Crippen LogP contribution in [0.15, 0.2) is 43.0 Å². The number of hydrogen-bond acceptors (Lipinski definition) is 2. The van der Waals surface area contributed by atoms with Crippen molar-refractivity contribution in [2.24, 2.45) is 0 Å². The highest BCUT2D eigenvalue weighted by Gasteiger charge is 2.10. The summed E-state index contributed by atoms with van der Waals surface area (Å²) in [7, 11) is 1.78. The molecule has 17 heavy (non-hydrogen) atoms. The number of hydrogen-bond donors (Lipinski definition) is 0. The Kier molecular flexibility index (Phi) is 3.23. The second kappa shape index (κ2) is 4.82. The Hall–Kier alpha value is -2.10. The Morgan fingerprint density at radius 3 is 2.94 bits per heavy atom. The van der Waals surface area contributed by atoms with E-state index in [1.54, 1.807) is 24.3 Å². The molecular weight excluding hydrogens is 214 g/mol. The molecule has 0 aliphatic heterocycles. The molecule has 1 aromatic carbocycles. The summed E-state index contributed by atoms with van der Waals surface area (Å²) in [5.41, 5.74) is 2.33. The summed E-state index contributed by atoms with van der Waals surface area (Å²) in [6, 6.07) is 8.06. The Morgan fingerprint density at radius 1 is 1.47 bits per heavy atom. The number of benzene rings is 1. The smallest absolute Gasteiger partial charge is 0.323 e. The SMILES string of the molecule is Cc1cccc(CN(C)C(=O)n2ccnc2)c1. The maximum atomic E-state index is 11.9. The van der Waals surface area contributed by atoms with Gasteiger partial charge >= 0.3 is 6.03 Å². The van der Waals surface area contributed by atoms with E-state index in [-0.39, 0.29) is 6.03 Å². The molecule has 4 heteroatoms. The van der Waals surface area contributed by atoms with E-state index in [1.807, 2.05) is 25.1 Å². The molecule has 0 bridgehead atoms. The van der Waals surface area contributed by atoms with Crippen LogP contribution in [-0.2, 0) is 6.54 Å². The van der Waals surface area contributed by atoms with Gasteiger partial charge in [-0.2, -0.15) is 0 Å². The molecule has 2 rings (SSSR count). The van der Waals surface area contributed by atoms with Crippen LogP contribution >= 0.6 is 0 Å². The first-order valence-corrected chi connectivity index (χ1v) is 5.46. The number of amides is 1. The molecule has 2 aromatic rings. The first-order chi connectivity index (χ1) is 8.16. The van der Waals surface area contributed by atoms with Gasteiger partial charge in [0, 0.05) is 26.0 Å². The molecular formula is C13H15N3O. The summed E-state index contributed by atoms with van der Waals surface area (Å²) in [5.74, 6) is 0. The molecule has 0 aliphatic rings. The van der Waals surface area contributed by atoms with Crippen molar-refractivity contribution in [1.29, 1.82) is 0 Å². The van der Waals surface area contributed by atoms with E-state index in [0.717, 1.165) is 5.56 Å². The molecule has 0 aliphatic carbocycles. The van der Waals surface area contributed by atoms with E-state index in [0.29, 0.717) is 6.54 Å². The average Bonchev–Trinajstić information content (AvgIpc) is 2.81. The highest BCUT2D eigenvalue weighted by molar-refractivity contribution is 5.76. The van der Waals surface area contributed by atoms with Gasteiger partial charge in [0.2, 0.25) is 0 Å². The largest absolute Gasteiger partial charge is 0.329 e. The molecule has 0 fully saturated rings. The van der Waals surface area contributed by atoms with Crippen LogP contribution in [-0.4, -0.2) is 27.5 Å². The van der Waals surface area contributed by atoms with Gasteiger partial charge in [0.05, 0.1) is 0 Å². The second-order valence-electron chi connectivity index (χ2n) is 4.10. The Morgan fingerprint density at radius 2 is 2.29 bits per heavy atom. The molecule has 0 saturated heterocycles. The van der Waals surface area contributed by atoms with Gasteiger partial charge in [-0.15, -0.1) is 0 Å². The molecule has 0 radical (unpaired) electrons. The summed E-state index contributed by atoms with van der Waals surface area (Å²) >= 11 is 0. The fourth-order valence-electron chi connectivity index (χ4n) is 1.72. The minimum absolute atomic E-state index is 0.0796. The lowest BCUT2D eigenvalue weighted by molar-refractivity contribution is 0.208. The summed E-state index contributed by atoms with van der Waals surface area (Å²) in [6.07, 6.45) is 4.75. The van der Waals surface area contributed by atoms with Gasteiger partial charge in [-0.3, -0.25) is 4.57 Å².